The molecule has 0 aliphatic rings. The van der Waals surface area contributed by atoms with Gasteiger partial charge in [0.2, 0.25) is 0 Å². The zero-order chi connectivity index (χ0) is 8.43. The molecule has 0 aliphatic carbocycles. The van der Waals surface area contributed by atoms with E-state index in [1.54, 1.807) is 6.92 Å². The van der Waals surface area contributed by atoms with Crippen LogP contribution in [0, 0.1) is 6.92 Å². The molecule has 1 N–H and O–H groups in total. The zero-order valence-electron chi connectivity index (χ0n) is 6.50. The summed E-state index contributed by atoms with van der Waals surface area (Å²) in [5.41, 5.74) is 1.75. The standard InChI is InChI=1S/C8H10BrNO/c1-5-7(6(2)11)3-4-8(9)10-5/h3-4,6,11H,1-2H3/t6-/m0/s1. The van der Waals surface area contributed by atoms with E-state index >= 15 is 0 Å². The van der Waals surface area contributed by atoms with Crippen molar-refractivity contribution in [2.24, 2.45) is 0 Å². The molecule has 0 bridgehead atoms. The van der Waals surface area contributed by atoms with Gasteiger partial charge in [-0.3, -0.25) is 0 Å². The molecule has 1 atom stereocenters. The lowest BCUT2D eigenvalue weighted by Gasteiger charge is -2.06. The van der Waals surface area contributed by atoms with Gasteiger partial charge in [-0.1, -0.05) is 6.07 Å². The fraction of sp³-hybridized carbons (Fsp3) is 0.375. The monoisotopic (exact) mass is 215 g/mol. The predicted octanol–water partition coefficient (Wildman–Crippen LogP) is 2.21. The SMILES string of the molecule is Cc1nc(Br)ccc1[C@H](C)O. The zero-order valence-corrected chi connectivity index (χ0v) is 8.09. The Morgan fingerprint density at radius 3 is 2.64 bits per heavy atom. The fourth-order valence-corrected chi connectivity index (χ4v) is 1.38. The van der Waals surface area contributed by atoms with E-state index in [1.807, 2.05) is 19.1 Å². The molecule has 1 rings (SSSR count). The Hall–Kier alpha value is -0.410. The van der Waals surface area contributed by atoms with Crippen molar-refractivity contribution in [1.29, 1.82) is 0 Å². The van der Waals surface area contributed by atoms with Gasteiger partial charge in [0.25, 0.3) is 0 Å². The summed E-state index contributed by atoms with van der Waals surface area (Å²) in [6, 6.07) is 3.70. The van der Waals surface area contributed by atoms with Crippen LogP contribution in [0.15, 0.2) is 16.7 Å². The van der Waals surface area contributed by atoms with Crippen molar-refractivity contribution >= 4 is 15.9 Å². The lowest BCUT2D eigenvalue weighted by molar-refractivity contribution is 0.198. The first-order valence-electron chi connectivity index (χ1n) is 3.42. The highest BCUT2D eigenvalue weighted by molar-refractivity contribution is 9.10. The van der Waals surface area contributed by atoms with Crippen molar-refractivity contribution < 1.29 is 5.11 Å². The van der Waals surface area contributed by atoms with Gasteiger partial charge in [-0.05, 0) is 35.8 Å². The van der Waals surface area contributed by atoms with Crippen LogP contribution in [-0.4, -0.2) is 10.1 Å². The largest absolute Gasteiger partial charge is 0.389 e. The molecule has 0 amide bonds. The number of nitrogens with zero attached hydrogens (tertiary/aromatic N) is 1. The molecule has 0 unspecified atom stereocenters. The van der Waals surface area contributed by atoms with Gasteiger partial charge in [0.1, 0.15) is 4.60 Å². The van der Waals surface area contributed by atoms with Crippen molar-refractivity contribution in [2.45, 2.75) is 20.0 Å². The third kappa shape index (κ3) is 2.01. The lowest BCUT2D eigenvalue weighted by Crippen LogP contribution is -1.96. The van der Waals surface area contributed by atoms with Gasteiger partial charge in [0.05, 0.1) is 6.10 Å². The first-order valence-corrected chi connectivity index (χ1v) is 4.21. The van der Waals surface area contributed by atoms with Gasteiger partial charge in [-0.25, -0.2) is 4.98 Å². The second-order valence-corrected chi connectivity index (χ2v) is 3.30. The summed E-state index contributed by atoms with van der Waals surface area (Å²) in [5, 5.41) is 9.24. The minimum atomic E-state index is -0.435. The summed E-state index contributed by atoms with van der Waals surface area (Å²) in [7, 11) is 0. The second kappa shape index (κ2) is 3.32. The van der Waals surface area contributed by atoms with E-state index in [2.05, 4.69) is 20.9 Å². The molecule has 1 aromatic heterocycles. The van der Waals surface area contributed by atoms with Gasteiger partial charge >= 0.3 is 0 Å². The average molecular weight is 216 g/mol. The Morgan fingerprint density at radius 2 is 2.18 bits per heavy atom. The highest BCUT2D eigenvalue weighted by Gasteiger charge is 2.04. The van der Waals surface area contributed by atoms with E-state index in [-0.39, 0.29) is 0 Å². The van der Waals surface area contributed by atoms with Crippen LogP contribution in [0.2, 0.25) is 0 Å². The number of pyridine rings is 1. The molecule has 1 aromatic rings. The van der Waals surface area contributed by atoms with Crippen molar-refractivity contribution in [3.63, 3.8) is 0 Å². The first kappa shape index (κ1) is 8.68. The lowest BCUT2D eigenvalue weighted by atomic mass is 10.1. The topological polar surface area (TPSA) is 33.1 Å². The summed E-state index contributed by atoms with van der Waals surface area (Å²) >= 11 is 3.25. The van der Waals surface area contributed by atoms with Crippen LogP contribution in [0.4, 0.5) is 0 Å². The van der Waals surface area contributed by atoms with Crippen LogP contribution >= 0.6 is 15.9 Å². The number of aliphatic hydroxyl groups excluding tert-OH is 1. The number of aliphatic hydroxyl groups is 1. The molecule has 1 heterocycles. The highest BCUT2D eigenvalue weighted by Crippen LogP contribution is 2.17. The minimum absolute atomic E-state index is 0.435. The summed E-state index contributed by atoms with van der Waals surface area (Å²) in [4.78, 5) is 4.15. The minimum Gasteiger partial charge on any atom is -0.389 e. The number of hydrogen-bond acceptors (Lipinski definition) is 2. The second-order valence-electron chi connectivity index (χ2n) is 2.48. The molecule has 0 aromatic carbocycles. The van der Waals surface area contributed by atoms with Gasteiger partial charge in [0, 0.05) is 11.3 Å². The number of aryl methyl sites for hydroxylation is 1. The van der Waals surface area contributed by atoms with E-state index in [4.69, 9.17) is 0 Å². The summed E-state index contributed by atoms with van der Waals surface area (Å²) in [6.07, 6.45) is -0.435. The van der Waals surface area contributed by atoms with E-state index < -0.39 is 6.10 Å². The van der Waals surface area contributed by atoms with Crippen LogP contribution in [0.1, 0.15) is 24.3 Å². The molecular formula is C8H10BrNO. The van der Waals surface area contributed by atoms with Gasteiger partial charge < -0.3 is 5.11 Å². The molecule has 60 valence electrons. The van der Waals surface area contributed by atoms with Crippen molar-refractivity contribution in [3.05, 3.63) is 28.0 Å². The van der Waals surface area contributed by atoms with Crippen LogP contribution in [0.25, 0.3) is 0 Å². The molecule has 0 fully saturated rings. The third-order valence-corrected chi connectivity index (χ3v) is 1.98. The highest BCUT2D eigenvalue weighted by atomic mass is 79.9. The number of aromatic nitrogens is 1. The normalized spacial score (nSPS) is 13.1. The number of rotatable bonds is 1. The molecule has 0 saturated heterocycles. The van der Waals surface area contributed by atoms with Crippen molar-refractivity contribution in [3.8, 4) is 0 Å². The number of hydrogen-bond donors (Lipinski definition) is 1. The maximum atomic E-state index is 9.24. The van der Waals surface area contributed by atoms with Crippen LogP contribution in [0.3, 0.4) is 0 Å². The molecular weight excluding hydrogens is 206 g/mol. The summed E-state index contributed by atoms with van der Waals surface area (Å²) in [6.45, 7) is 3.62. The molecule has 3 heteroatoms. The fourth-order valence-electron chi connectivity index (χ4n) is 0.983. The van der Waals surface area contributed by atoms with Gasteiger partial charge in [-0.2, -0.15) is 0 Å². The van der Waals surface area contributed by atoms with E-state index in [9.17, 15) is 5.11 Å². The Balaban J connectivity index is 3.09. The van der Waals surface area contributed by atoms with E-state index in [1.165, 1.54) is 0 Å². The molecule has 2 nitrogen and oxygen atoms in total. The molecule has 11 heavy (non-hydrogen) atoms. The van der Waals surface area contributed by atoms with Crippen LogP contribution in [0.5, 0.6) is 0 Å². The first-order chi connectivity index (χ1) is 5.11. The smallest absolute Gasteiger partial charge is 0.106 e. The predicted molar refractivity (Wildman–Crippen MR) is 47.3 cm³/mol. The maximum absolute atomic E-state index is 9.24. The molecule has 0 aliphatic heterocycles. The molecule has 0 saturated carbocycles. The average Bonchev–Trinajstić information content (AvgIpc) is 1.85. The van der Waals surface area contributed by atoms with E-state index in [0.717, 1.165) is 15.9 Å². The van der Waals surface area contributed by atoms with Crippen molar-refractivity contribution in [2.75, 3.05) is 0 Å². The molecule has 0 radical (unpaired) electrons. The Kier molecular flexibility index (Phi) is 2.62. The van der Waals surface area contributed by atoms with Gasteiger partial charge in [-0.15, -0.1) is 0 Å². The van der Waals surface area contributed by atoms with Gasteiger partial charge in [0.15, 0.2) is 0 Å². The Bertz CT molecular complexity index is 260. The number of halogens is 1. The third-order valence-electron chi connectivity index (χ3n) is 1.54. The van der Waals surface area contributed by atoms with Crippen LogP contribution in [-0.2, 0) is 0 Å². The molecule has 0 spiro atoms. The maximum Gasteiger partial charge on any atom is 0.106 e. The Labute approximate surface area is 74.4 Å². The summed E-state index contributed by atoms with van der Waals surface area (Å²) in [5.74, 6) is 0. The Morgan fingerprint density at radius 1 is 1.55 bits per heavy atom. The van der Waals surface area contributed by atoms with Crippen LogP contribution < -0.4 is 0 Å². The van der Waals surface area contributed by atoms with Crippen molar-refractivity contribution in [1.82, 2.24) is 4.98 Å². The quantitative estimate of drug-likeness (QED) is 0.730. The van der Waals surface area contributed by atoms with E-state index in [0.29, 0.717) is 0 Å². The summed E-state index contributed by atoms with van der Waals surface area (Å²) < 4.78 is 0.805.